The van der Waals surface area contributed by atoms with E-state index in [0.29, 0.717) is 29.5 Å². The SMILES string of the molecule is CC1(C)Cc2nc(CO)c3c(c2C(O)C1)C1(CCCC1)OC3c1ccc(C(F)(F)F)cc1.CCC(C)(C)C.CS. The van der Waals surface area contributed by atoms with Crippen LogP contribution in [-0.4, -0.2) is 21.5 Å². The smallest absolute Gasteiger partial charge is 0.390 e. The molecule has 1 aromatic carbocycles. The van der Waals surface area contributed by atoms with E-state index in [2.05, 4.69) is 54.2 Å². The number of halogens is 3. The van der Waals surface area contributed by atoms with Gasteiger partial charge >= 0.3 is 6.18 Å². The number of ether oxygens (including phenoxy) is 1. The van der Waals surface area contributed by atoms with Crippen molar-refractivity contribution in [2.24, 2.45) is 10.8 Å². The van der Waals surface area contributed by atoms with E-state index in [1.165, 1.54) is 18.6 Å². The molecule has 8 heteroatoms. The number of thiol groups is 1. The zero-order valence-electron chi connectivity index (χ0n) is 25.0. The summed E-state index contributed by atoms with van der Waals surface area (Å²) < 4.78 is 45.9. The first-order chi connectivity index (χ1) is 18.6. The van der Waals surface area contributed by atoms with Crippen molar-refractivity contribution in [3.8, 4) is 0 Å². The maximum absolute atomic E-state index is 13.1. The number of hydrogen-bond acceptors (Lipinski definition) is 5. The highest BCUT2D eigenvalue weighted by Crippen LogP contribution is 2.59. The van der Waals surface area contributed by atoms with Gasteiger partial charge in [-0.25, -0.2) is 0 Å². The molecular weight excluding hydrogens is 535 g/mol. The number of rotatable bonds is 2. The molecule has 0 radical (unpaired) electrons. The summed E-state index contributed by atoms with van der Waals surface area (Å²) in [6.07, 6.45) is 2.08. The molecule has 2 aromatic rings. The molecule has 40 heavy (non-hydrogen) atoms. The van der Waals surface area contributed by atoms with E-state index in [0.717, 1.165) is 60.2 Å². The molecule has 2 heterocycles. The molecule has 1 spiro atoms. The lowest BCUT2D eigenvalue weighted by molar-refractivity contribution is -0.137. The summed E-state index contributed by atoms with van der Waals surface area (Å²) in [5.74, 6) is 0. The molecule has 1 saturated carbocycles. The monoisotopic (exact) mass is 581 g/mol. The number of alkyl halides is 3. The number of nitrogens with zero attached hydrogens (tertiary/aromatic N) is 1. The van der Waals surface area contributed by atoms with Crippen LogP contribution in [0.1, 0.15) is 131 Å². The first kappa shape index (κ1) is 32.9. The van der Waals surface area contributed by atoms with Crippen molar-refractivity contribution < 1.29 is 28.1 Å². The van der Waals surface area contributed by atoms with E-state index in [4.69, 9.17) is 9.72 Å². The average molecular weight is 582 g/mol. The van der Waals surface area contributed by atoms with Gasteiger partial charge in [-0.1, -0.05) is 72.9 Å². The second-order valence-corrected chi connectivity index (χ2v) is 13.2. The van der Waals surface area contributed by atoms with Crippen molar-refractivity contribution >= 4 is 12.6 Å². The highest BCUT2D eigenvalue weighted by molar-refractivity contribution is 7.79. The first-order valence-electron chi connectivity index (χ1n) is 14.3. The molecule has 4 nitrogen and oxygen atoms in total. The van der Waals surface area contributed by atoms with Crippen molar-refractivity contribution in [2.45, 2.75) is 117 Å². The highest BCUT2D eigenvalue weighted by atomic mass is 32.1. The zero-order chi connectivity index (χ0) is 30.1. The fourth-order valence-corrected chi connectivity index (χ4v) is 5.99. The molecule has 2 N–H and O–H groups in total. The summed E-state index contributed by atoms with van der Waals surface area (Å²) in [6.45, 7) is 12.8. The van der Waals surface area contributed by atoms with Crippen LogP contribution in [0.3, 0.4) is 0 Å². The summed E-state index contributed by atoms with van der Waals surface area (Å²) in [4.78, 5) is 4.77. The summed E-state index contributed by atoms with van der Waals surface area (Å²) in [6, 6.07) is 5.04. The van der Waals surface area contributed by atoms with Crippen LogP contribution >= 0.6 is 12.6 Å². The Morgan fingerprint density at radius 3 is 2.05 bits per heavy atom. The van der Waals surface area contributed by atoms with Crippen LogP contribution in [0.5, 0.6) is 0 Å². The standard InChI is InChI=1S/C25H28F3NO3.C6H14.CH4S/c1-23(2)11-16-19(18(31)12-23)21-20(17(13-30)29-16)22(32-24(21)9-3-4-10-24)14-5-7-15(8-6-14)25(26,27)28;1-5-6(2,3)4;1-2/h5-8,18,22,30-31H,3-4,9-13H2,1-2H3;5H2,1-4H3;2H,1H3. The fourth-order valence-electron chi connectivity index (χ4n) is 5.99. The Bertz CT molecular complexity index is 1150. The van der Waals surface area contributed by atoms with Crippen molar-refractivity contribution in [1.29, 1.82) is 0 Å². The molecule has 1 aliphatic heterocycles. The predicted octanol–water partition coefficient (Wildman–Crippen LogP) is 8.48. The minimum absolute atomic E-state index is 0.116. The van der Waals surface area contributed by atoms with Crippen LogP contribution in [0.2, 0.25) is 0 Å². The Kier molecular flexibility index (Phi) is 10.1. The Hall–Kier alpha value is -1.61. The van der Waals surface area contributed by atoms with Crippen LogP contribution in [0.25, 0.3) is 0 Å². The fraction of sp³-hybridized carbons (Fsp3) is 0.656. The zero-order valence-corrected chi connectivity index (χ0v) is 25.8. The lowest BCUT2D eigenvalue weighted by Gasteiger charge is -2.37. The second kappa shape index (κ2) is 12.3. The predicted molar refractivity (Wildman–Crippen MR) is 156 cm³/mol. The van der Waals surface area contributed by atoms with Crippen LogP contribution in [-0.2, 0) is 29.5 Å². The molecule has 3 aliphatic rings. The summed E-state index contributed by atoms with van der Waals surface area (Å²) in [5.41, 5.74) is 3.49. The Morgan fingerprint density at radius 2 is 1.57 bits per heavy atom. The summed E-state index contributed by atoms with van der Waals surface area (Å²) >= 11 is 3.53. The molecule has 2 aliphatic carbocycles. The number of fused-ring (bicyclic) bond motifs is 4. The molecule has 5 rings (SSSR count). The molecule has 1 fully saturated rings. The molecule has 224 valence electrons. The minimum Gasteiger partial charge on any atom is -0.390 e. The third-order valence-corrected chi connectivity index (χ3v) is 8.38. The maximum Gasteiger partial charge on any atom is 0.416 e. The van der Waals surface area contributed by atoms with Gasteiger partial charge in [0.2, 0.25) is 0 Å². The van der Waals surface area contributed by atoms with E-state index in [-0.39, 0.29) is 12.0 Å². The third kappa shape index (κ3) is 6.88. The van der Waals surface area contributed by atoms with Gasteiger partial charge in [-0.3, -0.25) is 4.98 Å². The number of pyridine rings is 1. The number of hydrogen-bond donors (Lipinski definition) is 3. The van der Waals surface area contributed by atoms with Crippen molar-refractivity contribution in [3.63, 3.8) is 0 Å². The quantitative estimate of drug-likeness (QED) is 0.311. The number of aliphatic hydroxyl groups is 2. The van der Waals surface area contributed by atoms with E-state index in [1.54, 1.807) is 6.26 Å². The lowest BCUT2D eigenvalue weighted by Crippen LogP contribution is -2.31. The maximum atomic E-state index is 13.1. The minimum atomic E-state index is -4.41. The largest absolute Gasteiger partial charge is 0.416 e. The van der Waals surface area contributed by atoms with Crippen molar-refractivity contribution in [1.82, 2.24) is 4.98 Å². The molecule has 2 unspecified atom stereocenters. The molecule has 0 saturated heterocycles. The van der Waals surface area contributed by atoms with Gasteiger partial charge < -0.3 is 14.9 Å². The van der Waals surface area contributed by atoms with E-state index in [9.17, 15) is 23.4 Å². The van der Waals surface area contributed by atoms with Crippen molar-refractivity contribution in [2.75, 3.05) is 6.26 Å². The van der Waals surface area contributed by atoms with Gasteiger partial charge in [0.25, 0.3) is 0 Å². The number of aliphatic hydroxyl groups excluding tert-OH is 2. The Morgan fingerprint density at radius 1 is 1.02 bits per heavy atom. The summed E-state index contributed by atoms with van der Waals surface area (Å²) in [7, 11) is 0. The van der Waals surface area contributed by atoms with Gasteiger partial charge in [0.1, 0.15) is 6.10 Å². The second-order valence-electron chi connectivity index (χ2n) is 13.2. The highest BCUT2D eigenvalue weighted by Gasteiger charge is 2.52. The lowest BCUT2D eigenvalue weighted by atomic mass is 9.71. The molecule has 0 bridgehead atoms. The van der Waals surface area contributed by atoms with E-state index < -0.39 is 29.5 Å². The Labute approximate surface area is 243 Å². The van der Waals surface area contributed by atoms with Gasteiger partial charge in [0.05, 0.1) is 29.6 Å². The summed E-state index contributed by atoms with van der Waals surface area (Å²) in [5, 5.41) is 21.4. The first-order valence-corrected chi connectivity index (χ1v) is 15.1. The van der Waals surface area contributed by atoms with Crippen LogP contribution < -0.4 is 0 Å². The van der Waals surface area contributed by atoms with Gasteiger partial charge in [-0.2, -0.15) is 25.8 Å². The van der Waals surface area contributed by atoms with E-state index >= 15 is 0 Å². The Balaban J connectivity index is 0.000000491. The molecular formula is C32H46F3NO3S. The van der Waals surface area contributed by atoms with Crippen LogP contribution in [0, 0.1) is 10.8 Å². The van der Waals surface area contributed by atoms with Gasteiger partial charge in [-0.05, 0) is 66.0 Å². The third-order valence-electron chi connectivity index (χ3n) is 8.38. The van der Waals surface area contributed by atoms with Crippen LogP contribution in [0.15, 0.2) is 24.3 Å². The normalized spacial score (nSPS) is 22.5. The number of aromatic nitrogens is 1. The molecule has 1 aromatic heterocycles. The van der Waals surface area contributed by atoms with Gasteiger partial charge in [0.15, 0.2) is 0 Å². The molecule has 2 atom stereocenters. The van der Waals surface area contributed by atoms with Crippen LogP contribution in [0.4, 0.5) is 13.2 Å². The number of benzene rings is 1. The van der Waals surface area contributed by atoms with E-state index in [1.807, 2.05) is 0 Å². The van der Waals surface area contributed by atoms with Gasteiger partial charge in [0, 0.05) is 16.8 Å². The average Bonchev–Trinajstić information content (AvgIpc) is 3.49. The van der Waals surface area contributed by atoms with Gasteiger partial charge in [-0.15, -0.1) is 0 Å². The topological polar surface area (TPSA) is 62.6 Å². The molecule has 0 amide bonds. The van der Waals surface area contributed by atoms with Crippen molar-refractivity contribution in [3.05, 3.63) is 63.5 Å².